The van der Waals surface area contributed by atoms with Crippen LogP contribution in [-0.2, 0) is 19.2 Å². The first-order valence-corrected chi connectivity index (χ1v) is 15.4. The standard InChI is InChI=1S/C34H41N5O7/c1-7-20-17-34(20,31(42)43)35-29(40)26-16-21(18-38(26)30(41)28(19(2)3)39(45)32(44)36-33(4,5)6)46-37-27-24-14-10-8-12-22(24)23-13-9-11-15-25(23)27/h7-15,19-21,26,28,45H,1,16-18H2,2-6H3,(H,35,40)(H,36,44)(H,42,43)/t20-,21-,26+,28-,34+/m1/s1. The van der Waals surface area contributed by atoms with Gasteiger partial charge in [-0.25, -0.2) is 9.59 Å². The summed E-state index contributed by atoms with van der Waals surface area (Å²) in [7, 11) is 0. The van der Waals surface area contributed by atoms with Crippen molar-refractivity contribution in [3.63, 3.8) is 0 Å². The lowest BCUT2D eigenvalue weighted by molar-refractivity contribution is -0.158. The number of nitrogens with one attached hydrogen (secondary N) is 2. The Morgan fingerprint density at radius 3 is 2.11 bits per heavy atom. The molecule has 3 aliphatic rings. The predicted octanol–water partition coefficient (Wildman–Crippen LogP) is 3.77. The van der Waals surface area contributed by atoms with Crippen molar-refractivity contribution in [3.8, 4) is 11.1 Å². The fourth-order valence-electron chi connectivity index (χ4n) is 6.25. The molecule has 4 amide bonds. The molecule has 46 heavy (non-hydrogen) atoms. The summed E-state index contributed by atoms with van der Waals surface area (Å²) in [4.78, 5) is 60.2. The van der Waals surface area contributed by atoms with E-state index >= 15 is 0 Å². The van der Waals surface area contributed by atoms with Gasteiger partial charge in [-0.3, -0.25) is 14.8 Å². The number of hydroxylamine groups is 2. The van der Waals surface area contributed by atoms with Crippen LogP contribution in [0.5, 0.6) is 0 Å². The fourth-order valence-corrected chi connectivity index (χ4v) is 6.25. The Balaban J connectivity index is 1.44. The number of rotatable bonds is 9. The molecule has 0 bridgehead atoms. The molecular formula is C34H41N5O7. The van der Waals surface area contributed by atoms with Gasteiger partial charge in [0.2, 0.25) is 11.8 Å². The Morgan fingerprint density at radius 2 is 1.63 bits per heavy atom. The number of carboxylic acid groups (broad SMARTS) is 1. The minimum Gasteiger partial charge on any atom is -0.479 e. The summed E-state index contributed by atoms with van der Waals surface area (Å²) < 4.78 is 0. The maximum Gasteiger partial charge on any atom is 0.342 e. The number of carboxylic acids is 1. The van der Waals surface area contributed by atoms with E-state index in [1.807, 2.05) is 48.5 Å². The molecule has 5 rings (SSSR count). The smallest absolute Gasteiger partial charge is 0.342 e. The van der Waals surface area contributed by atoms with Crippen LogP contribution in [0, 0.1) is 11.8 Å². The second-order valence-electron chi connectivity index (χ2n) is 13.5. The summed E-state index contributed by atoms with van der Waals surface area (Å²) in [5, 5.41) is 31.0. The number of urea groups is 1. The Morgan fingerprint density at radius 1 is 1.07 bits per heavy atom. The Bertz CT molecular complexity index is 1550. The minimum atomic E-state index is -1.52. The zero-order valence-electron chi connectivity index (χ0n) is 26.7. The van der Waals surface area contributed by atoms with Crippen molar-refractivity contribution in [1.29, 1.82) is 0 Å². The van der Waals surface area contributed by atoms with Gasteiger partial charge in [-0.2, -0.15) is 5.06 Å². The summed E-state index contributed by atoms with van der Waals surface area (Å²) >= 11 is 0. The average Bonchev–Trinajstić information content (AvgIpc) is 3.39. The first-order valence-electron chi connectivity index (χ1n) is 15.4. The molecule has 2 fully saturated rings. The van der Waals surface area contributed by atoms with E-state index in [0.717, 1.165) is 22.3 Å². The largest absolute Gasteiger partial charge is 0.479 e. The van der Waals surface area contributed by atoms with Gasteiger partial charge in [-0.15, -0.1) is 6.58 Å². The molecule has 1 aliphatic heterocycles. The molecule has 2 aromatic carbocycles. The first-order chi connectivity index (χ1) is 21.7. The van der Waals surface area contributed by atoms with Crippen LogP contribution in [-0.4, -0.2) is 85.6 Å². The van der Waals surface area contributed by atoms with Gasteiger partial charge in [0.05, 0.1) is 6.54 Å². The summed E-state index contributed by atoms with van der Waals surface area (Å²) in [5.74, 6) is -3.56. The molecule has 1 saturated carbocycles. The molecule has 0 unspecified atom stereocenters. The number of oxime groups is 1. The highest BCUT2D eigenvalue weighted by molar-refractivity contribution is 6.24. The van der Waals surface area contributed by atoms with Crippen LogP contribution in [0.1, 0.15) is 58.6 Å². The third-order valence-corrected chi connectivity index (χ3v) is 8.66. The van der Waals surface area contributed by atoms with Gasteiger partial charge in [0.1, 0.15) is 29.4 Å². The molecule has 0 radical (unpaired) electrons. The summed E-state index contributed by atoms with van der Waals surface area (Å²) in [6.45, 7) is 12.2. The van der Waals surface area contributed by atoms with Gasteiger partial charge in [-0.1, -0.05) is 73.6 Å². The van der Waals surface area contributed by atoms with Crippen LogP contribution in [0.2, 0.25) is 0 Å². The number of amides is 4. The monoisotopic (exact) mass is 631 g/mol. The highest BCUT2D eigenvalue weighted by Crippen LogP contribution is 2.45. The second kappa shape index (κ2) is 12.2. The zero-order valence-corrected chi connectivity index (χ0v) is 26.7. The van der Waals surface area contributed by atoms with Crippen molar-refractivity contribution in [2.45, 2.75) is 76.7 Å². The number of carbonyl (C=O) groups excluding carboxylic acids is 3. The van der Waals surface area contributed by atoms with Crippen LogP contribution in [0.15, 0.2) is 66.3 Å². The topological polar surface area (TPSA) is 161 Å². The molecular weight excluding hydrogens is 590 g/mol. The number of likely N-dealkylation sites (tertiary alicyclic amines) is 1. The SMILES string of the molecule is C=C[C@@H]1C[C@@]1(NC(=O)[C@@H]1C[C@@H](ON=C2c3ccccc3-c3ccccc32)CN1C(=O)[C@@H](C(C)C)N(O)C(=O)NC(C)(C)C)C(=O)O. The number of fused-ring (bicyclic) bond motifs is 3. The molecule has 12 nitrogen and oxygen atoms in total. The van der Waals surface area contributed by atoms with Crippen molar-refractivity contribution in [1.82, 2.24) is 20.6 Å². The van der Waals surface area contributed by atoms with Crippen LogP contribution in [0.4, 0.5) is 4.79 Å². The van der Waals surface area contributed by atoms with E-state index in [4.69, 9.17) is 4.84 Å². The van der Waals surface area contributed by atoms with Crippen LogP contribution < -0.4 is 10.6 Å². The van der Waals surface area contributed by atoms with Crippen molar-refractivity contribution in [3.05, 3.63) is 72.3 Å². The highest BCUT2D eigenvalue weighted by Gasteiger charge is 2.61. The molecule has 0 spiro atoms. The second-order valence-corrected chi connectivity index (χ2v) is 13.5. The maximum atomic E-state index is 14.1. The molecule has 5 atom stereocenters. The van der Waals surface area contributed by atoms with E-state index < -0.39 is 64.9 Å². The lowest BCUT2D eigenvalue weighted by atomic mass is 10.0. The molecule has 244 valence electrons. The highest BCUT2D eigenvalue weighted by atomic mass is 16.6. The number of hydrogen-bond donors (Lipinski definition) is 4. The summed E-state index contributed by atoms with van der Waals surface area (Å²) in [6.07, 6.45) is 0.927. The van der Waals surface area contributed by atoms with Crippen molar-refractivity contribution in [2.75, 3.05) is 6.54 Å². The lowest BCUT2D eigenvalue weighted by Crippen LogP contribution is -2.59. The number of benzene rings is 2. The van der Waals surface area contributed by atoms with Crippen molar-refractivity contribution < 1.29 is 34.3 Å². The van der Waals surface area contributed by atoms with Crippen LogP contribution >= 0.6 is 0 Å². The van der Waals surface area contributed by atoms with Crippen molar-refractivity contribution >= 4 is 29.5 Å². The van der Waals surface area contributed by atoms with E-state index in [9.17, 15) is 29.5 Å². The normalized spacial score (nSPS) is 23.6. The predicted molar refractivity (Wildman–Crippen MR) is 170 cm³/mol. The van der Waals surface area contributed by atoms with Crippen LogP contribution in [0.3, 0.4) is 0 Å². The zero-order chi connectivity index (χ0) is 33.6. The third kappa shape index (κ3) is 6.09. The average molecular weight is 632 g/mol. The summed E-state index contributed by atoms with van der Waals surface area (Å²) in [6, 6.07) is 12.2. The molecule has 2 aliphatic carbocycles. The van der Waals surface area contributed by atoms with Gasteiger partial charge in [0, 0.05) is 29.0 Å². The lowest BCUT2D eigenvalue weighted by Gasteiger charge is -2.35. The quantitative estimate of drug-likeness (QED) is 0.159. The fraction of sp³-hybridized carbons (Fsp3) is 0.441. The molecule has 1 heterocycles. The molecule has 4 N–H and O–H groups in total. The van der Waals surface area contributed by atoms with E-state index in [-0.39, 0.29) is 19.4 Å². The molecule has 0 aromatic heterocycles. The molecule has 1 saturated heterocycles. The Labute approximate surface area is 268 Å². The summed E-state index contributed by atoms with van der Waals surface area (Å²) in [5.41, 5.74) is 2.21. The number of carbonyl (C=O) groups is 4. The van der Waals surface area contributed by atoms with E-state index in [1.54, 1.807) is 34.6 Å². The Hall–Kier alpha value is -4.71. The van der Waals surface area contributed by atoms with E-state index in [1.165, 1.54) is 11.0 Å². The third-order valence-electron chi connectivity index (χ3n) is 8.66. The first kappa shape index (κ1) is 32.7. The van der Waals surface area contributed by atoms with Gasteiger partial charge < -0.3 is 25.5 Å². The molecule has 2 aromatic rings. The van der Waals surface area contributed by atoms with Gasteiger partial charge in [0.15, 0.2) is 0 Å². The number of nitrogens with zero attached hydrogens (tertiary/aromatic N) is 3. The van der Waals surface area contributed by atoms with Crippen LogP contribution in [0.25, 0.3) is 11.1 Å². The van der Waals surface area contributed by atoms with Crippen molar-refractivity contribution in [2.24, 2.45) is 17.0 Å². The van der Waals surface area contributed by atoms with Gasteiger partial charge >= 0.3 is 12.0 Å². The minimum absolute atomic E-state index is 0.0104. The van der Waals surface area contributed by atoms with E-state index in [2.05, 4.69) is 22.4 Å². The molecule has 12 heteroatoms. The number of aliphatic carboxylic acids is 1. The van der Waals surface area contributed by atoms with Gasteiger partial charge in [0.25, 0.3) is 0 Å². The Kier molecular flexibility index (Phi) is 8.69. The van der Waals surface area contributed by atoms with E-state index in [0.29, 0.717) is 10.8 Å². The number of hydrogen-bond acceptors (Lipinski definition) is 7. The maximum absolute atomic E-state index is 14.1. The van der Waals surface area contributed by atoms with Gasteiger partial charge in [-0.05, 0) is 44.2 Å².